The van der Waals surface area contributed by atoms with E-state index in [0.717, 1.165) is 55.8 Å². The van der Waals surface area contributed by atoms with E-state index in [1.807, 2.05) is 12.1 Å². The van der Waals surface area contributed by atoms with Gasteiger partial charge in [0.2, 0.25) is 0 Å². The first-order valence-electron chi connectivity index (χ1n) is 7.73. The second kappa shape index (κ2) is 7.60. The molecular formula is C16H26N2O2. The number of aromatic nitrogens is 1. The highest BCUT2D eigenvalue weighted by molar-refractivity contribution is 5.43. The van der Waals surface area contributed by atoms with Crippen molar-refractivity contribution < 1.29 is 10.2 Å². The number of anilines is 1. The zero-order chi connectivity index (χ0) is 14.4. The Morgan fingerprint density at radius 2 is 2.20 bits per heavy atom. The molecule has 1 unspecified atom stereocenters. The normalized spacial score (nSPS) is 19.4. The molecule has 1 aliphatic rings. The van der Waals surface area contributed by atoms with Crippen LogP contribution in [0.3, 0.4) is 0 Å². The molecule has 2 rings (SSSR count). The summed E-state index contributed by atoms with van der Waals surface area (Å²) < 4.78 is 0. The molecule has 20 heavy (non-hydrogen) atoms. The lowest BCUT2D eigenvalue weighted by Crippen LogP contribution is -2.36. The molecule has 0 amide bonds. The Kier molecular flexibility index (Phi) is 5.80. The minimum atomic E-state index is 0.0696. The average Bonchev–Trinajstić information content (AvgIpc) is 2.48. The van der Waals surface area contributed by atoms with Gasteiger partial charge in [-0.25, -0.2) is 4.98 Å². The van der Waals surface area contributed by atoms with Crippen molar-refractivity contribution in [3.8, 4) is 0 Å². The number of aliphatic hydroxyl groups excluding tert-OH is 2. The van der Waals surface area contributed by atoms with Crippen molar-refractivity contribution in [2.75, 3.05) is 24.6 Å². The van der Waals surface area contributed by atoms with Crippen molar-refractivity contribution in [1.29, 1.82) is 0 Å². The number of hydrogen-bond donors (Lipinski definition) is 2. The topological polar surface area (TPSA) is 56.6 Å². The number of aliphatic hydroxyl groups is 2. The van der Waals surface area contributed by atoms with E-state index in [-0.39, 0.29) is 13.2 Å². The second-order valence-electron chi connectivity index (χ2n) is 5.70. The predicted octanol–water partition coefficient (Wildman–Crippen LogP) is 2.13. The van der Waals surface area contributed by atoms with Crippen LogP contribution in [0, 0.1) is 5.92 Å². The molecule has 0 saturated carbocycles. The molecule has 0 bridgehead atoms. The Labute approximate surface area is 121 Å². The highest BCUT2D eigenvalue weighted by Crippen LogP contribution is 2.25. The molecule has 0 spiro atoms. The average molecular weight is 278 g/mol. The SMILES string of the molecule is CCCc1cc(CO)cc(N2CCCC(CCO)C2)n1. The molecular weight excluding hydrogens is 252 g/mol. The van der Waals surface area contributed by atoms with E-state index in [1.165, 1.54) is 6.42 Å². The van der Waals surface area contributed by atoms with E-state index in [0.29, 0.717) is 5.92 Å². The largest absolute Gasteiger partial charge is 0.396 e. The third kappa shape index (κ3) is 3.93. The van der Waals surface area contributed by atoms with Gasteiger partial charge in [-0.15, -0.1) is 0 Å². The van der Waals surface area contributed by atoms with Crippen LogP contribution in [0.1, 0.15) is 43.9 Å². The van der Waals surface area contributed by atoms with Gasteiger partial charge in [0.25, 0.3) is 0 Å². The van der Waals surface area contributed by atoms with Crippen molar-refractivity contribution in [2.45, 2.75) is 45.6 Å². The Balaban J connectivity index is 2.15. The van der Waals surface area contributed by atoms with Gasteiger partial charge >= 0.3 is 0 Å². The van der Waals surface area contributed by atoms with Crippen molar-refractivity contribution in [3.63, 3.8) is 0 Å². The molecule has 4 heteroatoms. The summed E-state index contributed by atoms with van der Waals surface area (Å²) in [4.78, 5) is 7.05. The predicted molar refractivity (Wildman–Crippen MR) is 80.8 cm³/mol. The summed E-state index contributed by atoms with van der Waals surface area (Å²) >= 11 is 0. The van der Waals surface area contributed by atoms with Crippen molar-refractivity contribution in [3.05, 3.63) is 23.4 Å². The highest BCUT2D eigenvalue weighted by Gasteiger charge is 2.21. The van der Waals surface area contributed by atoms with Crippen LogP contribution in [0.15, 0.2) is 12.1 Å². The standard InChI is InChI=1S/C16H26N2O2/c1-2-4-15-9-14(12-20)10-16(17-15)18-7-3-5-13(11-18)6-8-19/h9-10,13,19-20H,2-8,11-12H2,1H3. The summed E-state index contributed by atoms with van der Waals surface area (Å²) in [6, 6.07) is 4.00. The van der Waals surface area contributed by atoms with Crippen molar-refractivity contribution in [1.82, 2.24) is 4.98 Å². The van der Waals surface area contributed by atoms with E-state index >= 15 is 0 Å². The monoisotopic (exact) mass is 278 g/mol. The first kappa shape index (κ1) is 15.3. The lowest BCUT2D eigenvalue weighted by Gasteiger charge is -2.33. The fourth-order valence-corrected chi connectivity index (χ4v) is 2.96. The van der Waals surface area contributed by atoms with Gasteiger partial charge in [-0.2, -0.15) is 0 Å². The third-order valence-corrected chi connectivity index (χ3v) is 3.99. The van der Waals surface area contributed by atoms with E-state index in [2.05, 4.69) is 11.8 Å². The van der Waals surface area contributed by atoms with Crippen LogP contribution in [0.4, 0.5) is 5.82 Å². The molecule has 1 aliphatic heterocycles. The Bertz CT molecular complexity index is 421. The van der Waals surface area contributed by atoms with Crippen molar-refractivity contribution in [2.24, 2.45) is 5.92 Å². The molecule has 2 N–H and O–H groups in total. The summed E-state index contributed by atoms with van der Waals surface area (Å²) in [6.07, 6.45) is 5.23. The zero-order valence-corrected chi connectivity index (χ0v) is 12.4. The summed E-state index contributed by atoms with van der Waals surface area (Å²) in [5.41, 5.74) is 2.01. The maximum Gasteiger partial charge on any atom is 0.129 e. The summed E-state index contributed by atoms with van der Waals surface area (Å²) in [6.45, 7) is 4.47. The van der Waals surface area contributed by atoms with Gasteiger partial charge in [0, 0.05) is 25.4 Å². The molecule has 1 atom stereocenters. The number of rotatable bonds is 6. The van der Waals surface area contributed by atoms with Gasteiger partial charge in [0.15, 0.2) is 0 Å². The molecule has 1 aromatic rings. The fourth-order valence-electron chi connectivity index (χ4n) is 2.96. The van der Waals surface area contributed by atoms with Gasteiger partial charge in [0.1, 0.15) is 5.82 Å². The van der Waals surface area contributed by atoms with Crippen LogP contribution in [0.2, 0.25) is 0 Å². The quantitative estimate of drug-likeness (QED) is 0.837. The van der Waals surface area contributed by atoms with Crippen LogP contribution in [-0.4, -0.2) is 34.9 Å². The van der Waals surface area contributed by atoms with Crippen LogP contribution in [-0.2, 0) is 13.0 Å². The third-order valence-electron chi connectivity index (χ3n) is 3.99. The fraction of sp³-hybridized carbons (Fsp3) is 0.688. The van der Waals surface area contributed by atoms with Gasteiger partial charge in [-0.05, 0) is 49.3 Å². The highest BCUT2D eigenvalue weighted by atomic mass is 16.3. The maximum absolute atomic E-state index is 9.41. The molecule has 112 valence electrons. The van der Waals surface area contributed by atoms with Crippen molar-refractivity contribution >= 4 is 5.82 Å². The molecule has 4 nitrogen and oxygen atoms in total. The number of pyridine rings is 1. The minimum absolute atomic E-state index is 0.0696. The molecule has 0 radical (unpaired) electrons. The Hall–Kier alpha value is -1.13. The van der Waals surface area contributed by atoms with Gasteiger partial charge < -0.3 is 15.1 Å². The second-order valence-corrected chi connectivity index (χ2v) is 5.70. The molecule has 0 aliphatic carbocycles. The smallest absolute Gasteiger partial charge is 0.129 e. The summed E-state index contributed by atoms with van der Waals surface area (Å²) in [7, 11) is 0. The Morgan fingerprint density at radius 3 is 2.90 bits per heavy atom. The molecule has 1 saturated heterocycles. The van der Waals surface area contributed by atoms with Crippen LogP contribution in [0.5, 0.6) is 0 Å². The van der Waals surface area contributed by atoms with E-state index in [9.17, 15) is 5.11 Å². The van der Waals surface area contributed by atoms with Gasteiger partial charge in [-0.1, -0.05) is 13.3 Å². The van der Waals surface area contributed by atoms with Gasteiger partial charge in [0.05, 0.1) is 6.61 Å². The lowest BCUT2D eigenvalue weighted by atomic mass is 9.95. The first-order valence-corrected chi connectivity index (χ1v) is 7.73. The molecule has 2 heterocycles. The molecule has 1 fully saturated rings. The summed E-state index contributed by atoms with van der Waals surface area (Å²) in [5, 5.41) is 18.5. The number of nitrogens with zero attached hydrogens (tertiary/aromatic N) is 2. The number of piperidine rings is 1. The lowest BCUT2D eigenvalue weighted by molar-refractivity contribution is 0.244. The van der Waals surface area contributed by atoms with Crippen LogP contribution in [0.25, 0.3) is 0 Å². The minimum Gasteiger partial charge on any atom is -0.396 e. The maximum atomic E-state index is 9.41. The first-order chi connectivity index (χ1) is 9.76. The zero-order valence-electron chi connectivity index (χ0n) is 12.4. The molecule has 1 aromatic heterocycles. The van der Waals surface area contributed by atoms with Gasteiger partial charge in [-0.3, -0.25) is 0 Å². The van der Waals surface area contributed by atoms with Crippen LogP contribution < -0.4 is 4.90 Å². The van der Waals surface area contributed by atoms with E-state index < -0.39 is 0 Å². The van der Waals surface area contributed by atoms with Crippen LogP contribution >= 0.6 is 0 Å². The summed E-state index contributed by atoms with van der Waals surface area (Å²) in [5.74, 6) is 1.55. The number of hydrogen-bond acceptors (Lipinski definition) is 4. The van der Waals surface area contributed by atoms with E-state index in [4.69, 9.17) is 10.1 Å². The molecule has 0 aromatic carbocycles. The number of aryl methyl sites for hydroxylation is 1. The van der Waals surface area contributed by atoms with E-state index in [1.54, 1.807) is 0 Å². The Morgan fingerprint density at radius 1 is 1.35 bits per heavy atom.